The van der Waals surface area contributed by atoms with Crippen molar-refractivity contribution in [1.29, 1.82) is 0 Å². The molecule has 5 rings (SSSR count). The normalized spacial score (nSPS) is 20.9. The highest BCUT2D eigenvalue weighted by Gasteiger charge is 2.43. The summed E-state index contributed by atoms with van der Waals surface area (Å²) in [5, 5.41) is 10.6. The molecule has 0 aliphatic heterocycles. The number of benzene rings is 1. The van der Waals surface area contributed by atoms with Gasteiger partial charge in [0.25, 0.3) is 5.91 Å². The minimum Gasteiger partial charge on any atom is -0.376 e. The van der Waals surface area contributed by atoms with Crippen molar-refractivity contribution in [2.75, 3.05) is 14.2 Å². The summed E-state index contributed by atoms with van der Waals surface area (Å²) in [7, 11) is 5.46. The molecule has 2 aliphatic rings. The van der Waals surface area contributed by atoms with Gasteiger partial charge in [-0.25, -0.2) is 4.68 Å². The van der Waals surface area contributed by atoms with Gasteiger partial charge in [-0.1, -0.05) is 35.4 Å². The van der Waals surface area contributed by atoms with E-state index in [9.17, 15) is 4.79 Å². The van der Waals surface area contributed by atoms with E-state index in [4.69, 9.17) is 38.1 Å². The molecule has 1 aromatic carbocycles. The average Bonchev–Trinajstić information content (AvgIpc) is 3.46. The number of amides is 1. The number of ether oxygens (including phenoxy) is 1. The summed E-state index contributed by atoms with van der Waals surface area (Å²) in [6, 6.07) is 7.35. The van der Waals surface area contributed by atoms with E-state index >= 15 is 0 Å². The Labute approximate surface area is 233 Å². The number of hydrogen-bond acceptors (Lipinski definition) is 4. The predicted octanol–water partition coefficient (Wildman–Crippen LogP) is 6.03. The number of carbonyl (C=O) groups excluding carboxylic acids is 1. The maximum Gasteiger partial charge on any atom is 0.274 e. The number of nitrogens with zero attached hydrogens (tertiary/aromatic N) is 5. The van der Waals surface area contributed by atoms with Crippen molar-refractivity contribution in [3.63, 3.8) is 0 Å². The summed E-state index contributed by atoms with van der Waals surface area (Å²) in [5.41, 5.74) is 5.14. The van der Waals surface area contributed by atoms with E-state index in [0.29, 0.717) is 27.8 Å². The van der Waals surface area contributed by atoms with Gasteiger partial charge in [0.1, 0.15) is 0 Å². The molecule has 3 aromatic rings. The molecular formula is C29H33Cl2N5O2. The highest BCUT2D eigenvalue weighted by atomic mass is 35.5. The van der Waals surface area contributed by atoms with E-state index in [-0.39, 0.29) is 17.6 Å². The molecule has 2 heterocycles. The number of fused-ring (bicyclic) bond motifs is 3. The average molecular weight is 555 g/mol. The van der Waals surface area contributed by atoms with Crippen LogP contribution in [0.3, 0.4) is 0 Å². The lowest BCUT2D eigenvalue weighted by molar-refractivity contribution is 0.0648. The largest absolute Gasteiger partial charge is 0.376 e. The number of aryl methyl sites for hydroxylation is 1. The van der Waals surface area contributed by atoms with Crippen molar-refractivity contribution in [3.8, 4) is 5.69 Å². The minimum atomic E-state index is -0.531. The summed E-state index contributed by atoms with van der Waals surface area (Å²) in [6.07, 6.45) is 7.62. The topological polar surface area (TPSA) is 65.2 Å². The zero-order valence-electron chi connectivity index (χ0n) is 22.8. The molecule has 2 aliphatic carbocycles. The Kier molecular flexibility index (Phi) is 6.61. The van der Waals surface area contributed by atoms with Crippen molar-refractivity contribution in [1.82, 2.24) is 24.5 Å². The van der Waals surface area contributed by atoms with E-state index in [2.05, 4.69) is 19.1 Å². The first-order valence-electron chi connectivity index (χ1n) is 12.7. The molecular weight excluding hydrogens is 521 g/mol. The van der Waals surface area contributed by atoms with Crippen LogP contribution in [0.5, 0.6) is 0 Å². The smallest absolute Gasteiger partial charge is 0.274 e. The fourth-order valence-corrected chi connectivity index (χ4v) is 5.82. The van der Waals surface area contributed by atoms with Crippen LogP contribution in [-0.2, 0) is 23.6 Å². The van der Waals surface area contributed by atoms with E-state index in [0.717, 1.165) is 34.5 Å². The first-order chi connectivity index (χ1) is 17.8. The number of hydrogen-bond donors (Lipinski definition) is 0. The summed E-state index contributed by atoms with van der Waals surface area (Å²) in [5.74, 6) is -0.119. The monoisotopic (exact) mass is 553 g/mol. The van der Waals surface area contributed by atoms with Crippen LogP contribution in [0.1, 0.15) is 61.6 Å². The molecule has 0 saturated heterocycles. The maximum absolute atomic E-state index is 13.8. The van der Waals surface area contributed by atoms with Crippen LogP contribution in [-0.4, -0.2) is 56.2 Å². The quantitative estimate of drug-likeness (QED) is 0.396. The van der Waals surface area contributed by atoms with E-state index in [1.54, 1.807) is 22.8 Å². The molecule has 1 amide bonds. The van der Waals surface area contributed by atoms with Gasteiger partial charge in [-0.3, -0.25) is 9.48 Å². The molecule has 0 N–H and O–H groups in total. The third kappa shape index (κ3) is 4.40. The molecule has 0 spiro atoms. The molecule has 0 bridgehead atoms. The Morgan fingerprint density at radius 3 is 2.42 bits per heavy atom. The fourth-order valence-electron chi connectivity index (χ4n) is 5.30. The fraction of sp³-hybridized carbons (Fsp3) is 0.414. The molecule has 0 saturated carbocycles. The zero-order valence-corrected chi connectivity index (χ0v) is 24.4. The molecule has 9 heteroatoms. The summed E-state index contributed by atoms with van der Waals surface area (Å²) in [6.45, 7) is 8.17. The van der Waals surface area contributed by atoms with Crippen LogP contribution < -0.4 is 0 Å². The zero-order chi connectivity index (χ0) is 27.6. The Balaban J connectivity index is 1.77. The van der Waals surface area contributed by atoms with Crippen LogP contribution in [0, 0.1) is 0 Å². The standard InChI is InChI=1S/C29H33Cl2N5O2/c1-28(2,3)35(6)27(37)25-21-9-8-17-12-24(38-7)29(4,23-10-11-34(5)32-23)16-22(17)26(21)36(33-25)20-14-18(30)13-19(31)15-20/h10-16,24H,8-9H2,1-7H3. The van der Waals surface area contributed by atoms with Gasteiger partial charge in [0.2, 0.25) is 0 Å². The van der Waals surface area contributed by atoms with Gasteiger partial charge in [0, 0.05) is 54.1 Å². The molecule has 7 nitrogen and oxygen atoms in total. The van der Waals surface area contributed by atoms with Crippen molar-refractivity contribution < 1.29 is 9.53 Å². The molecule has 2 atom stereocenters. The molecule has 0 radical (unpaired) electrons. The molecule has 2 aromatic heterocycles. The Morgan fingerprint density at radius 2 is 1.84 bits per heavy atom. The summed E-state index contributed by atoms with van der Waals surface area (Å²) in [4.78, 5) is 15.5. The number of rotatable bonds is 4. The van der Waals surface area contributed by atoms with Crippen LogP contribution in [0.15, 0.2) is 48.2 Å². The second kappa shape index (κ2) is 9.40. The Morgan fingerprint density at radius 1 is 1.16 bits per heavy atom. The Bertz CT molecular complexity index is 1470. The Hall–Kier alpha value is -2.87. The lowest BCUT2D eigenvalue weighted by atomic mass is 9.70. The van der Waals surface area contributed by atoms with Crippen molar-refractivity contribution >= 4 is 34.7 Å². The lowest BCUT2D eigenvalue weighted by Crippen LogP contribution is -2.43. The van der Waals surface area contributed by atoms with Gasteiger partial charge in [-0.2, -0.15) is 10.2 Å². The number of allylic oxidation sites excluding steroid dienone is 2. The minimum absolute atomic E-state index is 0.119. The van der Waals surface area contributed by atoms with Crippen LogP contribution in [0.2, 0.25) is 10.0 Å². The number of methoxy groups -OCH3 is 1. The lowest BCUT2D eigenvalue weighted by Gasteiger charge is -2.38. The molecule has 0 fully saturated rings. The second-order valence-electron chi connectivity index (χ2n) is 11.3. The maximum atomic E-state index is 13.8. The SMILES string of the molecule is COC1C=C2CCc3c(C(=O)N(C)C(C)(C)C)nn(-c4cc(Cl)cc(Cl)c4)c3C2=CC1(C)c1ccn(C)n1. The number of halogens is 2. The van der Waals surface area contributed by atoms with E-state index < -0.39 is 5.41 Å². The summed E-state index contributed by atoms with van der Waals surface area (Å²) < 4.78 is 9.60. The van der Waals surface area contributed by atoms with Gasteiger partial charge < -0.3 is 9.64 Å². The van der Waals surface area contributed by atoms with E-state index in [1.165, 1.54) is 0 Å². The number of carbonyl (C=O) groups is 1. The van der Waals surface area contributed by atoms with Gasteiger partial charge >= 0.3 is 0 Å². The third-order valence-corrected chi connectivity index (χ3v) is 8.18. The third-order valence-electron chi connectivity index (χ3n) is 7.74. The van der Waals surface area contributed by atoms with Crippen molar-refractivity contribution in [2.24, 2.45) is 7.05 Å². The second-order valence-corrected chi connectivity index (χ2v) is 12.2. The first kappa shape index (κ1) is 26.7. The predicted molar refractivity (Wildman–Crippen MR) is 151 cm³/mol. The summed E-state index contributed by atoms with van der Waals surface area (Å²) >= 11 is 12.8. The highest BCUT2D eigenvalue weighted by molar-refractivity contribution is 6.34. The van der Waals surface area contributed by atoms with E-state index in [1.807, 2.05) is 63.9 Å². The molecule has 38 heavy (non-hydrogen) atoms. The van der Waals surface area contributed by atoms with Crippen LogP contribution >= 0.6 is 23.2 Å². The molecule has 2 unspecified atom stereocenters. The van der Waals surface area contributed by atoms with Crippen molar-refractivity contribution in [2.45, 2.75) is 57.6 Å². The van der Waals surface area contributed by atoms with Gasteiger partial charge in [-0.15, -0.1) is 0 Å². The number of aromatic nitrogens is 4. The van der Waals surface area contributed by atoms with Gasteiger partial charge in [0.15, 0.2) is 5.69 Å². The van der Waals surface area contributed by atoms with Gasteiger partial charge in [0.05, 0.1) is 28.6 Å². The van der Waals surface area contributed by atoms with Crippen molar-refractivity contribution in [3.05, 3.63) is 80.9 Å². The highest BCUT2D eigenvalue weighted by Crippen LogP contribution is 2.47. The van der Waals surface area contributed by atoms with Crippen LogP contribution in [0.4, 0.5) is 0 Å². The van der Waals surface area contributed by atoms with Crippen LogP contribution in [0.25, 0.3) is 11.3 Å². The first-order valence-corrected chi connectivity index (χ1v) is 13.4. The molecule has 200 valence electrons. The van der Waals surface area contributed by atoms with Gasteiger partial charge in [-0.05, 0) is 70.4 Å².